The van der Waals surface area contributed by atoms with E-state index in [2.05, 4.69) is 28.1 Å². The van der Waals surface area contributed by atoms with Crippen LogP contribution < -0.4 is 10.6 Å². The van der Waals surface area contributed by atoms with E-state index < -0.39 is 0 Å². The molecule has 1 aromatic heterocycles. The number of rotatable bonds is 3. The van der Waals surface area contributed by atoms with Gasteiger partial charge >= 0.3 is 0 Å². The fourth-order valence-corrected chi connectivity index (χ4v) is 3.59. The van der Waals surface area contributed by atoms with Crippen LogP contribution in [0.1, 0.15) is 31.4 Å². The molecule has 104 valence electrons. The van der Waals surface area contributed by atoms with Crippen LogP contribution in [0.4, 0.5) is 0 Å². The highest BCUT2D eigenvalue weighted by Gasteiger charge is 2.28. The van der Waals surface area contributed by atoms with Gasteiger partial charge in [0.25, 0.3) is 0 Å². The number of carbonyl (C=O) groups excluding carboxylic acids is 2. The van der Waals surface area contributed by atoms with Crippen molar-refractivity contribution in [3.8, 4) is 0 Å². The van der Waals surface area contributed by atoms with Gasteiger partial charge in [-0.2, -0.15) is 0 Å². The van der Waals surface area contributed by atoms with Crippen molar-refractivity contribution >= 4 is 33.2 Å². The minimum atomic E-state index is -0.380. The van der Waals surface area contributed by atoms with Crippen molar-refractivity contribution in [3.05, 3.63) is 35.2 Å². The number of nitrogens with one attached hydrogen (secondary N) is 2. The molecule has 0 saturated carbocycles. The molecule has 3 rings (SSSR count). The average molecular weight is 288 g/mol. The molecule has 1 aliphatic rings. The zero-order chi connectivity index (χ0) is 14.1. The summed E-state index contributed by atoms with van der Waals surface area (Å²) >= 11 is 1.68. The summed E-state index contributed by atoms with van der Waals surface area (Å²) in [6.45, 7) is 1.98. The predicted molar refractivity (Wildman–Crippen MR) is 79.5 cm³/mol. The number of carbonyl (C=O) groups is 2. The van der Waals surface area contributed by atoms with Crippen LogP contribution in [-0.4, -0.2) is 17.9 Å². The van der Waals surface area contributed by atoms with Gasteiger partial charge in [-0.05, 0) is 35.7 Å². The molecule has 0 aliphatic carbocycles. The van der Waals surface area contributed by atoms with Crippen LogP contribution in [0.15, 0.2) is 29.6 Å². The van der Waals surface area contributed by atoms with E-state index in [0.29, 0.717) is 12.8 Å². The molecule has 2 amide bonds. The average Bonchev–Trinajstić information content (AvgIpc) is 3.04. The Balaban J connectivity index is 1.74. The first-order valence-corrected chi connectivity index (χ1v) is 7.59. The number of amides is 2. The van der Waals surface area contributed by atoms with Gasteiger partial charge in [0.2, 0.25) is 11.8 Å². The van der Waals surface area contributed by atoms with Gasteiger partial charge in [0.15, 0.2) is 0 Å². The van der Waals surface area contributed by atoms with E-state index in [1.807, 2.05) is 19.1 Å². The van der Waals surface area contributed by atoms with Gasteiger partial charge in [0, 0.05) is 11.1 Å². The molecule has 2 aromatic rings. The third-order valence-electron chi connectivity index (χ3n) is 3.65. The van der Waals surface area contributed by atoms with E-state index in [1.165, 1.54) is 10.1 Å². The number of thiophene rings is 1. The summed E-state index contributed by atoms with van der Waals surface area (Å²) in [7, 11) is 0. The monoisotopic (exact) mass is 288 g/mol. The van der Waals surface area contributed by atoms with E-state index in [0.717, 1.165) is 5.56 Å². The molecule has 4 nitrogen and oxygen atoms in total. The molecule has 0 spiro atoms. The van der Waals surface area contributed by atoms with Crippen molar-refractivity contribution in [2.75, 3.05) is 0 Å². The number of benzene rings is 1. The Labute approximate surface area is 121 Å². The number of hydrogen-bond acceptors (Lipinski definition) is 3. The molecule has 0 unspecified atom stereocenters. The lowest BCUT2D eigenvalue weighted by molar-refractivity contribution is -0.126. The maximum atomic E-state index is 12.1. The lowest BCUT2D eigenvalue weighted by Crippen LogP contribution is -2.42. The quantitative estimate of drug-likeness (QED) is 0.911. The van der Waals surface area contributed by atoms with Crippen LogP contribution in [0.3, 0.4) is 0 Å². The van der Waals surface area contributed by atoms with E-state index in [9.17, 15) is 9.59 Å². The summed E-state index contributed by atoms with van der Waals surface area (Å²) in [5.41, 5.74) is 1.13. The first-order valence-electron chi connectivity index (χ1n) is 6.71. The van der Waals surface area contributed by atoms with Gasteiger partial charge in [-0.3, -0.25) is 9.59 Å². The fraction of sp³-hybridized carbons (Fsp3) is 0.333. The van der Waals surface area contributed by atoms with Crippen molar-refractivity contribution in [3.63, 3.8) is 0 Å². The summed E-state index contributed by atoms with van der Waals surface area (Å²) < 4.78 is 1.22. The first-order chi connectivity index (χ1) is 9.65. The lowest BCUT2D eigenvalue weighted by Gasteiger charge is -2.17. The molecular weight excluding hydrogens is 272 g/mol. The predicted octanol–water partition coefficient (Wildman–Crippen LogP) is 2.36. The molecule has 0 radical (unpaired) electrons. The van der Waals surface area contributed by atoms with Gasteiger partial charge in [-0.25, -0.2) is 0 Å². The zero-order valence-corrected chi connectivity index (χ0v) is 12.0. The van der Waals surface area contributed by atoms with Crippen molar-refractivity contribution in [1.82, 2.24) is 10.6 Å². The maximum Gasteiger partial charge on any atom is 0.243 e. The van der Waals surface area contributed by atoms with E-state index in [4.69, 9.17) is 0 Å². The smallest absolute Gasteiger partial charge is 0.243 e. The minimum Gasteiger partial charge on any atom is -0.348 e. The highest BCUT2D eigenvalue weighted by atomic mass is 32.1. The molecule has 1 aromatic carbocycles. The van der Waals surface area contributed by atoms with Crippen molar-refractivity contribution in [2.45, 2.75) is 31.8 Å². The van der Waals surface area contributed by atoms with Crippen molar-refractivity contribution in [1.29, 1.82) is 0 Å². The standard InChI is InChI=1S/C15H16N2O2S/c1-9(16-15(19)12-6-7-14(18)17-12)11-8-20-13-5-3-2-4-10(11)13/h2-5,8-9,12H,6-7H2,1H3,(H,16,19)(H,17,18)/t9-,12+/m1/s1. The molecular formula is C15H16N2O2S. The van der Waals surface area contributed by atoms with Crippen LogP contribution >= 0.6 is 11.3 Å². The molecule has 2 heterocycles. The summed E-state index contributed by atoms with van der Waals surface area (Å²) in [5, 5.41) is 8.95. The summed E-state index contributed by atoms with van der Waals surface area (Å²) in [6.07, 6.45) is 1.02. The maximum absolute atomic E-state index is 12.1. The van der Waals surface area contributed by atoms with Gasteiger partial charge in [-0.15, -0.1) is 11.3 Å². The van der Waals surface area contributed by atoms with Crippen LogP contribution in [0.25, 0.3) is 10.1 Å². The topological polar surface area (TPSA) is 58.2 Å². The largest absolute Gasteiger partial charge is 0.348 e. The van der Waals surface area contributed by atoms with Gasteiger partial charge in [0.1, 0.15) is 6.04 Å². The lowest BCUT2D eigenvalue weighted by atomic mass is 10.1. The second-order valence-electron chi connectivity index (χ2n) is 5.08. The second-order valence-corrected chi connectivity index (χ2v) is 5.99. The number of hydrogen-bond donors (Lipinski definition) is 2. The third-order valence-corrected chi connectivity index (χ3v) is 4.63. The molecule has 1 aliphatic heterocycles. The molecule has 5 heteroatoms. The summed E-state index contributed by atoms with van der Waals surface area (Å²) in [5.74, 6) is -0.141. The first kappa shape index (κ1) is 13.1. The van der Waals surface area contributed by atoms with Gasteiger partial charge in [-0.1, -0.05) is 18.2 Å². The molecule has 2 atom stereocenters. The van der Waals surface area contributed by atoms with Gasteiger partial charge in [0.05, 0.1) is 6.04 Å². The van der Waals surface area contributed by atoms with Crippen LogP contribution in [0, 0.1) is 0 Å². The Morgan fingerprint density at radius 2 is 2.25 bits per heavy atom. The summed E-state index contributed by atoms with van der Waals surface area (Å²) in [4.78, 5) is 23.3. The molecule has 1 fully saturated rings. The van der Waals surface area contributed by atoms with Crippen LogP contribution in [0.5, 0.6) is 0 Å². The molecule has 20 heavy (non-hydrogen) atoms. The van der Waals surface area contributed by atoms with E-state index in [1.54, 1.807) is 11.3 Å². The Bertz CT molecular complexity index is 665. The van der Waals surface area contributed by atoms with E-state index in [-0.39, 0.29) is 23.9 Å². The normalized spacial score (nSPS) is 19.9. The summed E-state index contributed by atoms with van der Waals surface area (Å²) in [6, 6.07) is 7.73. The van der Waals surface area contributed by atoms with E-state index >= 15 is 0 Å². The highest BCUT2D eigenvalue weighted by molar-refractivity contribution is 7.17. The Morgan fingerprint density at radius 3 is 3.00 bits per heavy atom. The second kappa shape index (κ2) is 5.25. The Kier molecular flexibility index (Phi) is 3.44. The van der Waals surface area contributed by atoms with Crippen molar-refractivity contribution < 1.29 is 9.59 Å². The molecule has 1 saturated heterocycles. The van der Waals surface area contributed by atoms with Crippen molar-refractivity contribution in [2.24, 2.45) is 0 Å². The van der Waals surface area contributed by atoms with Gasteiger partial charge < -0.3 is 10.6 Å². The molecule has 2 N–H and O–H groups in total. The zero-order valence-electron chi connectivity index (χ0n) is 11.2. The molecule has 0 bridgehead atoms. The minimum absolute atomic E-state index is 0.0428. The SMILES string of the molecule is C[C@@H](NC(=O)[C@@H]1CCC(=O)N1)c1csc2ccccc12. The Morgan fingerprint density at radius 1 is 1.45 bits per heavy atom. The highest BCUT2D eigenvalue weighted by Crippen LogP contribution is 2.30. The third kappa shape index (κ3) is 2.41. The van der Waals surface area contributed by atoms with Crippen LogP contribution in [0.2, 0.25) is 0 Å². The Hall–Kier alpha value is -1.88. The fourth-order valence-electron chi connectivity index (χ4n) is 2.54. The van der Waals surface area contributed by atoms with Crippen LogP contribution in [-0.2, 0) is 9.59 Å². The number of fused-ring (bicyclic) bond motifs is 1.